The molecule has 42 heavy (non-hydrogen) atoms. The smallest absolute Gasteiger partial charge is 0.444 e. The number of carbonyl (C=O) groups is 2. The number of carbonyl (C=O) groups excluding carboxylic acids is 2. The maximum Gasteiger partial charge on any atom is 0.449 e. The van der Waals surface area contributed by atoms with Gasteiger partial charge in [0, 0.05) is 31.7 Å². The summed E-state index contributed by atoms with van der Waals surface area (Å²) < 4.78 is 72.5. The highest BCUT2D eigenvalue weighted by molar-refractivity contribution is 7.91. The largest absolute Gasteiger partial charge is 0.449 e. The Balaban J connectivity index is 1.46. The van der Waals surface area contributed by atoms with Crippen LogP contribution in [-0.2, 0) is 33.8 Å². The highest BCUT2D eigenvalue weighted by Gasteiger charge is 2.38. The number of imidazole rings is 1. The fraction of sp³-hybridized carbons (Fsp3) is 0.483. The van der Waals surface area contributed by atoms with E-state index >= 15 is 0 Å². The molecule has 1 saturated heterocycles. The number of aromatic nitrogens is 2. The van der Waals surface area contributed by atoms with E-state index in [9.17, 15) is 31.2 Å². The third-order valence-electron chi connectivity index (χ3n) is 7.09. The van der Waals surface area contributed by atoms with Gasteiger partial charge in [-0.15, -0.1) is 0 Å². The van der Waals surface area contributed by atoms with Crippen molar-refractivity contribution in [3.05, 3.63) is 59.4 Å². The molecule has 0 radical (unpaired) electrons. The Morgan fingerprint density at radius 2 is 1.69 bits per heavy atom. The van der Waals surface area contributed by atoms with Gasteiger partial charge >= 0.3 is 12.3 Å². The molecule has 2 aromatic carbocycles. The Morgan fingerprint density at radius 1 is 1.05 bits per heavy atom. The number of alkyl halides is 3. The van der Waals surface area contributed by atoms with E-state index in [1.807, 2.05) is 0 Å². The van der Waals surface area contributed by atoms with Gasteiger partial charge in [0.2, 0.25) is 5.82 Å². The first kappa shape index (κ1) is 31.3. The molecule has 2 amide bonds. The topological polar surface area (TPSA) is 111 Å². The van der Waals surface area contributed by atoms with Crippen LogP contribution >= 0.6 is 0 Å². The number of rotatable bonds is 7. The Kier molecular flexibility index (Phi) is 8.91. The zero-order chi connectivity index (χ0) is 30.9. The minimum atomic E-state index is -4.70. The number of fused-ring (bicyclic) bond motifs is 1. The summed E-state index contributed by atoms with van der Waals surface area (Å²) in [5, 5.41) is 2.71. The number of hydrogen-bond donors (Lipinski definition) is 1. The molecule has 1 fully saturated rings. The Hall–Kier alpha value is -3.61. The molecule has 13 heteroatoms. The second-order valence-corrected chi connectivity index (χ2v) is 13.7. The molecule has 1 N–H and O–H groups in total. The Bertz CT molecular complexity index is 1550. The molecular weight excluding hydrogens is 573 g/mol. The predicted molar refractivity (Wildman–Crippen MR) is 151 cm³/mol. The molecule has 9 nitrogen and oxygen atoms in total. The van der Waals surface area contributed by atoms with E-state index in [1.165, 1.54) is 30.3 Å². The lowest BCUT2D eigenvalue weighted by atomic mass is 9.97. The molecule has 1 aliphatic rings. The quantitative estimate of drug-likeness (QED) is 0.383. The monoisotopic (exact) mass is 608 g/mol. The number of nitrogens with one attached hydrogen (secondary N) is 1. The van der Waals surface area contributed by atoms with Crippen molar-refractivity contribution >= 4 is 32.9 Å². The number of piperidine rings is 1. The molecule has 0 unspecified atom stereocenters. The lowest BCUT2D eigenvalue weighted by Gasteiger charge is -2.33. The SMILES string of the molecule is CCS(=O)(=O)c1ccc(CNC(=O)c2ccc3c(c2)nc(C(F)(F)F)n3CC2CCN(C(=O)OC(C)(C)C)CC2)cc1. The van der Waals surface area contributed by atoms with E-state index in [2.05, 4.69) is 10.3 Å². The number of sulfone groups is 1. The van der Waals surface area contributed by atoms with Crippen molar-refractivity contribution in [2.75, 3.05) is 18.8 Å². The zero-order valence-electron chi connectivity index (χ0n) is 24.0. The number of hydrogen-bond acceptors (Lipinski definition) is 6. The molecule has 228 valence electrons. The van der Waals surface area contributed by atoms with E-state index in [0.717, 1.165) is 4.57 Å². The van der Waals surface area contributed by atoms with Crippen molar-refractivity contribution in [1.29, 1.82) is 0 Å². The normalized spacial score (nSPS) is 15.2. The summed E-state index contributed by atoms with van der Waals surface area (Å²) in [5.41, 5.74) is 0.501. The molecule has 0 saturated carbocycles. The summed E-state index contributed by atoms with van der Waals surface area (Å²) in [5.74, 6) is -1.67. The number of benzene rings is 2. The molecule has 0 aliphatic carbocycles. The van der Waals surface area contributed by atoms with Crippen molar-refractivity contribution in [3.8, 4) is 0 Å². The third kappa shape index (κ3) is 7.42. The fourth-order valence-corrected chi connectivity index (χ4v) is 5.70. The van der Waals surface area contributed by atoms with Gasteiger partial charge in [0.05, 0.1) is 21.7 Å². The van der Waals surface area contributed by atoms with Crippen LogP contribution in [0, 0.1) is 5.92 Å². The van der Waals surface area contributed by atoms with E-state index in [0.29, 0.717) is 31.5 Å². The first-order chi connectivity index (χ1) is 19.6. The van der Waals surface area contributed by atoms with E-state index in [4.69, 9.17) is 4.74 Å². The molecule has 0 atom stereocenters. The molecule has 4 rings (SSSR count). The van der Waals surface area contributed by atoms with Crippen molar-refractivity contribution in [2.24, 2.45) is 5.92 Å². The summed E-state index contributed by atoms with van der Waals surface area (Å²) >= 11 is 0. The molecule has 1 aliphatic heterocycles. The molecule has 0 spiro atoms. The summed E-state index contributed by atoms with van der Waals surface area (Å²) in [6.07, 6.45) is -4.10. The van der Waals surface area contributed by atoms with E-state index in [1.54, 1.807) is 44.7 Å². The van der Waals surface area contributed by atoms with Crippen LogP contribution in [0.15, 0.2) is 47.4 Å². The minimum absolute atomic E-state index is 0.0231. The number of halogens is 3. The Morgan fingerprint density at radius 3 is 2.26 bits per heavy atom. The van der Waals surface area contributed by atoms with Crippen molar-refractivity contribution < 1.29 is 35.9 Å². The lowest BCUT2D eigenvalue weighted by molar-refractivity contribution is -0.147. The van der Waals surface area contributed by atoms with Gasteiger partial charge in [0.1, 0.15) is 5.60 Å². The maximum atomic E-state index is 14.0. The van der Waals surface area contributed by atoms with Crippen LogP contribution in [0.5, 0.6) is 0 Å². The zero-order valence-corrected chi connectivity index (χ0v) is 24.8. The highest BCUT2D eigenvalue weighted by atomic mass is 32.2. The van der Waals surface area contributed by atoms with Crippen LogP contribution in [0.4, 0.5) is 18.0 Å². The summed E-state index contributed by atoms with van der Waals surface area (Å²) in [4.78, 5) is 30.8. The predicted octanol–water partition coefficient (Wildman–Crippen LogP) is 5.43. The molecule has 2 heterocycles. The van der Waals surface area contributed by atoms with Crippen molar-refractivity contribution in [1.82, 2.24) is 19.8 Å². The van der Waals surface area contributed by atoms with Crippen molar-refractivity contribution in [3.63, 3.8) is 0 Å². The van der Waals surface area contributed by atoms with Gasteiger partial charge in [-0.3, -0.25) is 4.79 Å². The molecular formula is C29H35F3N4O5S. The van der Waals surface area contributed by atoms with Gasteiger partial charge in [0.15, 0.2) is 9.84 Å². The number of amides is 2. The Labute approximate surface area is 243 Å². The van der Waals surface area contributed by atoms with Gasteiger partial charge in [0.25, 0.3) is 5.91 Å². The van der Waals surface area contributed by atoms with E-state index in [-0.39, 0.29) is 46.3 Å². The van der Waals surface area contributed by atoms with Crippen LogP contribution in [-0.4, -0.2) is 59.3 Å². The van der Waals surface area contributed by atoms with Gasteiger partial charge in [-0.25, -0.2) is 18.2 Å². The van der Waals surface area contributed by atoms with Gasteiger partial charge < -0.3 is 19.5 Å². The van der Waals surface area contributed by atoms with E-state index < -0.39 is 39.4 Å². The lowest BCUT2D eigenvalue weighted by Crippen LogP contribution is -2.42. The first-order valence-corrected chi connectivity index (χ1v) is 15.4. The number of ether oxygens (including phenoxy) is 1. The summed E-state index contributed by atoms with van der Waals surface area (Å²) in [6, 6.07) is 10.4. The number of likely N-dealkylation sites (tertiary alicyclic amines) is 1. The van der Waals surface area contributed by atoms with Gasteiger partial charge in [-0.05, 0) is 75.4 Å². The average molecular weight is 609 g/mol. The molecule has 3 aromatic rings. The maximum absolute atomic E-state index is 14.0. The van der Waals surface area contributed by atoms with Crippen molar-refractivity contribution in [2.45, 2.75) is 70.3 Å². The second-order valence-electron chi connectivity index (χ2n) is 11.4. The summed E-state index contributed by atoms with van der Waals surface area (Å²) in [6.45, 7) is 7.83. The second kappa shape index (κ2) is 11.9. The standard InChI is InChI=1S/C29H35F3N4O5S/c1-5-42(39,40)22-9-6-19(7-10-22)17-33-25(37)21-8-11-24-23(16-21)34-26(29(30,31)32)36(24)18-20-12-14-35(15-13-20)27(38)41-28(2,3)4/h6-11,16,20H,5,12-15,17-18H2,1-4H3,(H,33,37). The molecule has 1 aromatic heterocycles. The fourth-order valence-electron chi connectivity index (χ4n) is 4.82. The van der Waals surface area contributed by atoms with Crippen LogP contribution in [0.2, 0.25) is 0 Å². The van der Waals surface area contributed by atoms with Crippen LogP contribution in [0.3, 0.4) is 0 Å². The first-order valence-electron chi connectivity index (χ1n) is 13.7. The number of nitrogens with zero attached hydrogens (tertiary/aromatic N) is 3. The average Bonchev–Trinajstić information content (AvgIpc) is 3.29. The van der Waals surface area contributed by atoms with Gasteiger partial charge in [-0.2, -0.15) is 13.2 Å². The third-order valence-corrected chi connectivity index (χ3v) is 8.84. The van der Waals surface area contributed by atoms with Crippen LogP contribution in [0.1, 0.15) is 62.3 Å². The summed E-state index contributed by atoms with van der Waals surface area (Å²) in [7, 11) is -3.34. The molecule has 0 bridgehead atoms. The van der Waals surface area contributed by atoms with Crippen LogP contribution < -0.4 is 5.32 Å². The van der Waals surface area contributed by atoms with Gasteiger partial charge in [-0.1, -0.05) is 19.1 Å². The minimum Gasteiger partial charge on any atom is -0.444 e. The van der Waals surface area contributed by atoms with Crippen LogP contribution in [0.25, 0.3) is 11.0 Å². The highest BCUT2D eigenvalue weighted by Crippen LogP contribution is 2.34.